The maximum atomic E-state index is 14.9. The van der Waals surface area contributed by atoms with Gasteiger partial charge in [-0.1, -0.05) is 20.8 Å². The number of ether oxygens (including phenoxy) is 2. The Morgan fingerprint density at radius 2 is 1.05 bits per heavy atom. The second-order valence-corrected chi connectivity index (χ2v) is 16.0. The molecule has 4 aliphatic rings. The molecule has 2 saturated carbocycles. The highest BCUT2D eigenvalue weighted by Crippen LogP contribution is 2.39. The summed E-state index contributed by atoms with van der Waals surface area (Å²) in [6.07, 6.45) is 6.70. The summed E-state index contributed by atoms with van der Waals surface area (Å²) in [5.74, 6) is -3.94. The third-order valence-corrected chi connectivity index (χ3v) is 11.6. The summed E-state index contributed by atoms with van der Waals surface area (Å²) in [6.45, 7) is 21.7. The van der Waals surface area contributed by atoms with Crippen molar-refractivity contribution in [3.05, 3.63) is 85.7 Å². The van der Waals surface area contributed by atoms with E-state index in [1.165, 1.54) is 45.0 Å². The van der Waals surface area contributed by atoms with Crippen LogP contribution in [0, 0.1) is 17.5 Å². The fraction of sp³-hybridized carbons (Fsp3) is 0.565. The number of carbonyl (C=O) groups excluding carboxylic acids is 2. The van der Waals surface area contributed by atoms with Crippen LogP contribution in [0.15, 0.2) is 46.2 Å². The summed E-state index contributed by atoms with van der Waals surface area (Å²) in [6, 6.07) is 5.24. The number of carbonyl (C=O) groups is 2. The molecule has 4 fully saturated rings. The van der Waals surface area contributed by atoms with Gasteiger partial charge < -0.3 is 43.5 Å². The highest BCUT2D eigenvalue weighted by Gasteiger charge is 2.30. The van der Waals surface area contributed by atoms with Crippen molar-refractivity contribution in [2.45, 2.75) is 72.4 Å². The van der Waals surface area contributed by atoms with E-state index in [1.54, 1.807) is 30.7 Å². The Labute approximate surface area is 362 Å². The molecule has 1 N–H and O–H groups in total. The van der Waals surface area contributed by atoms with E-state index < -0.39 is 40.2 Å². The predicted molar refractivity (Wildman–Crippen MR) is 238 cm³/mol. The van der Waals surface area contributed by atoms with Gasteiger partial charge >= 0.3 is 11.9 Å². The molecular formula is C46H64F3N7O6. The van der Waals surface area contributed by atoms with Crippen LogP contribution < -0.4 is 21.1 Å². The zero-order valence-electron chi connectivity index (χ0n) is 37.4. The summed E-state index contributed by atoms with van der Waals surface area (Å²) in [4.78, 5) is 58.1. The Balaban J connectivity index is 0.000000182. The van der Waals surface area contributed by atoms with Crippen molar-refractivity contribution in [2.75, 3.05) is 104 Å². The molecule has 2 aromatic carbocycles. The molecule has 2 aliphatic carbocycles. The number of rotatable bonds is 10. The van der Waals surface area contributed by atoms with Gasteiger partial charge in [0.2, 0.25) is 10.9 Å². The predicted octanol–water partition coefficient (Wildman–Crippen LogP) is 6.06. The molecule has 340 valence electrons. The van der Waals surface area contributed by atoms with Crippen LogP contribution in [0.1, 0.15) is 93.1 Å². The summed E-state index contributed by atoms with van der Waals surface area (Å²) in [7, 11) is 4.20. The van der Waals surface area contributed by atoms with Gasteiger partial charge in [0, 0.05) is 93.7 Å². The first-order valence-electron chi connectivity index (χ1n) is 22.1. The first kappa shape index (κ1) is 48.3. The summed E-state index contributed by atoms with van der Waals surface area (Å²) in [5, 5.41) is 3.50. The van der Waals surface area contributed by atoms with Crippen LogP contribution in [-0.4, -0.2) is 135 Å². The average molecular weight is 868 g/mol. The molecule has 2 aromatic heterocycles. The number of nitrogens with zero attached hydrogens (tertiary/aromatic N) is 6. The van der Waals surface area contributed by atoms with Crippen molar-refractivity contribution < 1.29 is 32.2 Å². The van der Waals surface area contributed by atoms with Gasteiger partial charge in [0.15, 0.2) is 11.6 Å². The van der Waals surface area contributed by atoms with Crippen LogP contribution in [0.25, 0.3) is 21.8 Å². The number of nitrogens with one attached hydrogen (secondary N) is 1. The Morgan fingerprint density at radius 1 is 0.629 bits per heavy atom. The minimum atomic E-state index is -1.11. The first-order valence-corrected chi connectivity index (χ1v) is 22.1. The lowest BCUT2D eigenvalue weighted by Gasteiger charge is -2.34. The van der Waals surface area contributed by atoms with E-state index in [0.29, 0.717) is 16.7 Å². The molecule has 4 aromatic rings. The van der Waals surface area contributed by atoms with Crippen molar-refractivity contribution >= 4 is 39.4 Å². The molecule has 62 heavy (non-hydrogen) atoms. The molecule has 0 spiro atoms. The van der Waals surface area contributed by atoms with Crippen molar-refractivity contribution in [2.24, 2.45) is 0 Å². The van der Waals surface area contributed by atoms with Gasteiger partial charge in [-0.25, -0.2) is 22.8 Å². The Hall–Kier alpha value is -4.77. The number of pyridine rings is 2. The number of likely N-dealkylation sites (N-methyl/N-ethyl adjacent to an activating group) is 2. The highest BCUT2D eigenvalue weighted by molar-refractivity contribution is 5.95. The largest absolute Gasteiger partial charge is 0.462 e. The van der Waals surface area contributed by atoms with Crippen molar-refractivity contribution in [3.8, 4) is 0 Å². The van der Waals surface area contributed by atoms with Crippen LogP contribution in [0.5, 0.6) is 0 Å². The molecular weight excluding hydrogens is 804 g/mol. The monoisotopic (exact) mass is 867 g/mol. The zero-order chi connectivity index (χ0) is 45.1. The quantitative estimate of drug-likeness (QED) is 0.187. The molecule has 13 nitrogen and oxygen atoms in total. The topological polar surface area (TPSA) is 122 Å². The maximum absolute atomic E-state index is 14.9. The van der Waals surface area contributed by atoms with Crippen LogP contribution >= 0.6 is 0 Å². The lowest BCUT2D eigenvalue weighted by Crippen LogP contribution is -2.44. The molecule has 16 heteroatoms. The maximum Gasteiger partial charge on any atom is 0.343 e. The highest BCUT2D eigenvalue weighted by atomic mass is 19.2. The molecule has 0 radical (unpaired) electrons. The van der Waals surface area contributed by atoms with Crippen molar-refractivity contribution in [3.63, 3.8) is 0 Å². The van der Waals surface area contributed by atoms with Gasteiger partial charge in [0.1, 0.15) is 16.9 Å². The SMILES string of the molecule is CCN(CC)CC.CCOC(=O)c1cn(C2CC2)c2cc(F)c(F)cc2c1=O.CCOC(=O)c1cn(C2CC2)c2cc(N3CCN(C)CC3)c(F)cc2c1=O.CN1CCNCC1. The van der Waals surface area contributed by atoms with E-state index in [0.717, 1.165) is 77.1 Å². The lowest BCUT2D eigenvalue weighted by molar-refractivity contribution is 0.0514. The number of benzene rings is 2. The first-order chi connectivity index (χ1) is 29.8. The number of anilines is 1. The van der Waals surface area contributed by atoms with E-state index in [4.69, 9.17) is 9.47 Å². The molecule has 0 bridgehead atoms. The third-order valence-electron chi connectivity index (χ3n) is 11.6. The standard InChI is InChI=1S/C20H24FN3O3.C15H13F2NO3.C6H15N.C5H12N2/c1-3-27-20(26)15-12-24(13-4-5-13)17-11-18(16(21)10-14(17)19(15)25)23-8-6-22(2)7-9-23;1-2-21-15(20)10-7-18(8-3-4-8)13-6-12(17)11(16)5-9(13)14(10)19;1-4-7(5-2)6-3;1-7-4-2-6-3-5-7/h10-13H,3-9H2,1-2H3;5-8H,2-4H2,1H3;4-6H2,1-3H3;6H,2-5H2,1H3. The second-order valence-electron chi connectivity index (χ2n) is 16.0. The van der Waals surface area contributed by atoms with E-state index in [1.807, 2.05) is 9.47 Å². The molecule has 2 saturated heterocycles. The summed E-state index contributed by atoms with van der Waals surface area (Å²) >= 11 is 0. The molecule has 4 heterocycles. The molecule has 8 rings (SSSR count). The smallest absolute Gasteiger partial charge is 0.343 e. The molecule has 0 atom stereocenters. The number of piperazine rings is 2. The molecule has 0 amide bonds. The molecule has 0 unspecified atom stereocenters. The van der Waals surface area contributed by atoms with Gasteiger partial charge in [0.05, 0.1) is 29.9 Å². The average Bonchev–Trinajstić information content (AvgIpc) is 4.20. The van der Waals surface area contributed by atoms with Gasteiger partial charge in [-0.2, -0.15) is 0 Å². The van der Waals surface area contributed by atoms with E-state index in [2.05, 4.69) is 54.9 Å². The third kappa shape index (κ3) is 12.2. The van der Waals surface area contributed by atoms with Crippen molar-refractivity contribution in [1.29, 1.82) is 0 Å². The Morgan fingerprint density at radius 3 is 1.44 bits per heavy atom. The van der Waals surface area contributed by atoms with Crippen LogP contribution in [0.4, 0.5) is 18.9 Å². The number of hydrogen-bond donors (Lipinski definition) is 1. The van der Waals surface area contributed by atoms with E-state index in [-0.39, 0.29) is 47.2 Å². The van der Waals surface area contributed by atoms with E-state index >= 15 is 0 Å². The van der Waals surface area contributed by atoms with Gasteiger partial charge in [0.25, 0.3) is 0 Å². The lowest BCUT2D eigenvalue weighted by atomic mass is 10.1. The van der Waals surface area contributed by atoms with Gasteiger partial charge in [-0.15, -0.1) is 0 Å². The zero-order valence-corrected chi connectivity index (χ0v) is 37.4. The van der Waals surface area contributed by atoms with Crippen LogP contribution in [-0.2, 0) is 9.47 Å². The fourth-order valence-electron chi connectivity index (χ4n) is 7.46. The van der Waals surface area contributed by atoms with E-state index in [9.17, 15) is 32.3 Å². The normalized spacial score (nSPS) is 16.8. The summed E-state index contributed by atoms with van der Waals surface area (Å²) in [5.41, 5.74) is 0.224. The minimum Gasteiger partial charge on any atom is -0.462 e. The Kier molecular flexibility index (Phi) is 17.5. The van der Waals surface area contributed by atoms with Crippen LogP contribution in [0.3, 0.4) is 0 Å². The molecule has 2 aliphatic heterocycles. The second kappa shape index (κ2) is 22.5. The van der Waals surface area contributed by atoms with Crippen LogP contribution in [0.2, 0.25) is 0 Å². The fourth-order valence-corrected chi connectivity index (χ4v) is 7.46. The van der Waals surface area contributed by atoms with Gasteiger partial charge in [-0.05, 0) is 91.5 Å². The van der Waals surface area contributed by atoms with Gasteiger partial charge in [-0.3, -0.25) is 9.59 Å². The minimum absolute atomic E-state index is 0.00801. The number of hydrogen-bond acceptors (Lipinski definition) is 11. The number of aromatic nitrogens is 2. The number of esters is 2. The summed E-state index contributed by atoms with van der Waals surface area (Å²) < 4.78 is 55.2. The number of halogens is 3. The number of fused-ring (bicyclic) bond motifs is 2. The Bertz CT molecular complexity index is 2270. The van der Waals surface area contributed by atoms with Crippen molar-refractivity contribution in [1.82, 2.24) is 29.2 Å².